The van der Waals surface area contributed by atoms with Crippen molar-refractivity contribution in [2.24, 2.45) is 5.92 Å². The number of nitrogens with one attached hydrogen (secondary N) is 1. The summed E-state index contributed by atoms with van der Waals surface area (Å²) in [7, 11) is 0. The molecule has 1 aliphatic carbocycles. The highest BCUT2D eigenvalue weighted by Gasteiger charge is 2.19. The zero-order valence-electron chi connectivity index (χ0n) is 9.19. The lowest BCUT2D eigenvalue weighted by Crippen LogP contribution is -2.32. The van der Waals surface area contributed by atoms with Crippen molar-refractivity contribution in [2.45, 2.75) is 25.4 Å². The van der Waals surface area contributed by atoms with Gasteiger partial charge in [-0.25, -0.2) is 0 Å². The van der Waals surface area contributed by atoms with E-state index in [-0.39, 0.29) is 12.0 Å². The Morgan fingerprint density at radius 3 is 2.75 bits per heavy atom. The Bertz CT molecular complexity index is 316. The summed E-state index contributed by atoms with van der Waals surface area (Å²) in [5.74, 6) is -0.335. The fourth-order valence-electron chi connectivity index (χ4n) is 1.98. The molecule has 4 heteroatoms. The molecule has 0 radical (unpaired) electrons. The molecule has 2 rings (SSSR count). The second-order valence-corrected chi connectivity index (χ2v) is 4.21. The molecule has 1 unspecified atom stereocenters. The highest BCUT2D eigenvalue weighted by Crippen LogP contribution is 2.20. The predicted molar refractivity (Wildman–Crippen MR) is 59.9 cm³/mol. The second kappa shape index (κ2) is 5.16. The molecule has 0 saturated carbocycles. The summed E-state index contributed by atoms with van der Waals surface area (Å²) in [6, 6.07) is 0. The summed E-state index contributed by atoms with van der Waals surface area (Å²) in [5, 5.41) is 12.1. The number of carboxylic acid groups (broad SMARTS) is 1. The molecule has 4 nitrogen and oxygen atoms in total. The minimum absolute atomic E-state index is 0.276. The van der Waals surface area contributed by atoms with Gasteiger partial charge in [0.2, 0.25) is 0 Å². The van der Waals surface area contributed by atoms with E-state index in [1.54, 1.807) is 12.2 Å². The molecule has 0 aromatic rings. The SMILES string of the molecule is O=C(O)C1C=CC(OC2CCNCC2)=CC1. The van der Waals surface area contributed by atoms with Gasteiger partial charge in [-0.05, 0) is 44.5 Å². The lowest BCUT2D eigenvalue weighted by atomic mass is 10.0. The van der Waals surface area contributed by atoms with Crippen molar-refractivity contribution < 1.29 is 14.6 Å². The van der Waals surface area contributed by atoms with Crippen molar-refractivity contribution >= 4 is 5.97 Å². The van der Waals surface area contributed by atoms with Crippen molar-refractivity contribution in [1.29, 1.82) is 0 Å². The largest absolute Gasteiger partial charge is 0.491 e. The maximum atomic E-state index is 10.7. The third-order valence-corrected chi connectivity index (χ3v) is 2.97. The highest BCUT2D eigenvalue weighted by atomic mass is 16.5. The Labute approximate surface area is 95.0 Å². The standard InChI is InChI=1S/C12H17NO3/c14-12(15)9-1-3-10(4-2-9)16-11-5-7-13-8-6-11/h1,3-4,9,11,13H,2,5-8H2,(H,14,15). The van der Waals surface area contributed by atoms with Crippen molar-refractivity contribution in [3.8, 4) is 0 Å². The van der Waals surface area contributed by atoms with Gasteiger partial charge in [0.1, 0.15) is 11.9 Å². The molecule has 0 aromatic heterocycles. The third-order valence-electron chi connectivity index (χ3n) is 2.97. The Balaban J connectivity index is 1.83. The van der Waals surface area contributed by atoms with Gasteiger partial charge >= 0.3 is 5.97 Å². The van der Waals surface area contributed by atoms with Gasteiger partial charge in [0.05, 0.1) is 5.92 Å². The number of carbonyl (C=O) groups is 1. The van der Waals surface area contributed by atoms with E-state index in [0.29, 0.717) is 6.42 Å². The Hall–Kier alpha value is -1.29. The number of ether oxygens (including phenoxy) is 1. The highest BCUT2D eigenvalue weighted by molar-refractivity contribution is 5.72. The zero-order chi connectivity index (χ0) is 11.4. The molecule has 1 atom stereocenters. The van der Waals surface area contributed by atoms with E-state index >= 15 is 0 Å². The summed E-state index contributed by atoms with van der Waals surface area (Å²) in [5.41, 5.74) is 0. The molecule has 88 valence electrons. The van der Waals surface area contributed by atoms with Crippen molar-refractivity contribution in [3.05, 3.63) is 24.0 Å². The average molecular weight is 223 g/mol. The molecule has 0 aromatic carbocycles. The number of carboxylic acids is 1. The second-order valence-electron chi connectivity index (χ2n) is 4.21. The van der Waals surface area contributed by atoms with Gasteiger partial charge in [-0.1, -0.05) is 6.08 Å². The maximum absolute atomic E-state index is 10.7. The van der Waals surface area contributed by atoms with E-state index in [9.17, 15) is 4.79 Å². The molecule has 1 fully saturated rings. The molecule has 2 aliphatic rings. The van der Waals surface area contributed by atoms with Crippen LogP contribution in [0.2, 0.25) is 0 Å². The van der Waals surface area contributed by atoms with Crippen LogP contribution in [0.1, 0.15) is 19.3 Å². The normalized spacial score (nSPS) is 26.2. The summed E-state index contributed by atoms with van der Waals surface area (Å²) in [6.07, 6.45) is 8.22. The first kappa shape index (κ1) is 11.2. The number of hydrogen-bond acceptors (Lipinski definition) is 3. The van der Waals surface area contributed by atoms with Gasteiger partial charge in [0, 0.05) is 0 Å². The molecular formula is C12H17NO3. The molecule has 1 aliphatic heterocycles. The first-order chi connectivity index (χ1) is 7.75. The van der Waals surface area contributed by atoms with E-state index in [2.05, 4.69) is 5.32 Å². The topological polar surface area (TPSA) is 58.6 Å². The van der Waals surface area contributed by atoms with Gasteiger partial charge in [-0.2, -0.15) is 0 Å². The minimum atomic E-state index is -0.770. The number of hydrogen-bond donors (Lipinski definition) is 2. The Morgan fingerprint density at radius 1 is 1.44 bits per heavy atom. The molecule has 0 bridgehead atoms. The van der Waals surface area contributed by atoms with Crippen LogP contribution in [0.25, 0.3) is 0 Å². The molecular weight excluding hydrogens is 206 g/mol. The predicted octanol–water partition coefficient (Wildman–Crippen LogP) is 1.30. The summed E-state index contributed by atoms with van der Waals surface area (Å²) in [6.45, 7) is 2.00. The number of piperidine rings is 1. The first-order valence-electron chi connectivity index (χ1n) is 5.74. The average Bonchev–Trinajstić information content (AvgIpc) is 2.31. The maximum Gasteiger partial charge on any atom is 0.310 e. The van der Waals surface area contributed by atoms with E-state index in [1.807, 2.05) is 6.08 Å². The summed E-state index contributed by atoms with van der Waals surface area (Å²) >= 11 is 0. The van der Waals surface area contributed by atoms with Crippen LogP contribution in [0.3, 0.4) is 0 Å². The van der Waals surface area contributed by atoms with Crippen LogP contribution in [0, 0.1) is 5.92 Å². The van der Waals surface area contributed by atoms with Gasteiger partial charge in [-0.3, -0.25) is 4.79 Å². The molecule has 0 spiro atoms. The number of rotatable bonds is 3. The van der Waals surface area contributed by atoms with Gasteiger partial charge in [0.15, 0.2) is 0 Å². The first-order valence-corrected chi connectivity index (χ1v) is 5.74. The molecule has 0 amide bonds. The van der Waals surface area contributed by atoms with Crippen LogP contribution < -0.4 is 5.32 Å². The van der Waals surface area contributed by atoms with Gasteiger partial charge in [0.25, 0.3) is 0 Å². The molecule has 2 N–H and O–H groups in total. The van der Waals surface area contributed by atoms with E-state index in [1.165, 1.54) is 0 Å². The Kier molecular flexibility index (Phi) is 3.62. The Morgan fingerprint density at radius 2 is 2.19 bits per heavy atom. The van der Waals surface area contributed by atoms with Crippen LogP contribution in [0.5, 0.6) is 0 Å². The molecule has 1 saturated heterocycles. The number of aliphatic carboxylic acids is 1. The lowest BCUT2D eigenvalue weighted by molar-refractivity contribution is -0.140. The third kappa shape index (κ3) is 2.85. The monoisotopic (exact) mass is 223 g/mol. The zero-order valence-corrected chi connectivity index (χ0v) is 9.19. The van der Waals surface area contributed by atoms with E-state index < -0.39 is 5.97 Å². The molecule has 16 heavy (non-hydrogen) atoms. The lowest BCUT2D eigenvalue weighted by Gasteiger charge is -2.25. The van der Waals surface area contributed by atoms with Crippen molar-refractivity contribution in [2.75, 3.05) is 13.1 Å². The quantitative estimate of drug-likeness (QED) is 0.757. The fraction of sp³-hybridized carbons (Fsp3) is 0.583. The van der Waals surface area contributed by atoms with Gasteiger partial charge in [-0.15, -0.1) is 0 Å². The molecule has 1 heterocycles. The van der Waals surface area contributed by atoms with E-state index in [4.69, 9.17) is 9.84 Å². The fourth-order valence-corrected chi connectivity index (χ4v) is 1.98. The van der Waals surface area contributed by atoms with Gasteiger partial charge < -0.3 is 15.2 Å². The summed E-state index contributed by atoms with van der Waals surface area (Å²) in [4.78, 5) is 10.7. The summed E-state index contributed by atoms with van der Waals surface area (Å²) < 4.78 is 5.80. The van der Waals surface area contributed by atoms with Crippen molar-refractivity contribution in [1.82, 2.24) is 5.32 Å². The van der Waals surface area contributed by atoms with Crippen LogP contribution >= 0.6 is 0 Å². The van der Waals surface area contributed by atoms with Crippen LogP contribution in [-0.4, -0.2) is 30.3 Å². The van der Waals surface area contributed by atoms with Crippen LogP contribution in [0.4, 0.5) is 0 Å². The van der Waals surface area contributed by atoms with Crippen molar-refractivity contribution in [3.63, 3.8) is 0 Å². The van der Waals surface area contributed by atoms with Crippen LogP contribution in [-0.2, 0) is 9.53 Å². The number of allylic oxidation sites excluding steroid dienone is 2. The smallest absolute Gasteiger partial charge is 0.310 e. The van der Waals surface area contributed by atoms with E-state index in [0.717, 1.165) is 31.7 Å². The van der Waals surface area contributed by atoms with Crippen LogP contribution in [0.15, 0.2) is 24.0 Å². The minimum Gasteiger partial charge on any atom is -0.491 e.